The summed E-state index contributed by atoms with van der Waals surface area (Å²) in [5.41, 5.74) is 1.37. The van der Waals surface area contributed by atoms with Gasteiger partial charge in [0.25, 0.3) is 5.91 Å². The molecule has 8 heteroatoms. The molecule has 1 aromatic carbocycles. The van der Waals surface area contributed by atoms with Crippen molar-refractivity contribution in [2.24, 2.45) is 0 Å². The van der Waals surface area contributed by atoms with Gasteiger partial charge in [0.05, 0.1) is 23.8 Å². The molecule has 0 saturated carbocycles. The molecule has 0 bridgehead atoms. The molecule has 160 valence electrons. The Balaban J connectivity index is 1.80. The number of carbonyl (C=O) groups is 2. The summed E-state index contributed by atoms with van der Waals surface area (Å²) in [5, 5.41) is 8.93. The lowest BCUT2D eigenvalue weighted by Crippen LogP contribution is -2.46. The molecular formula is C22H28N4O4. The van der Waals surface area contributed by atoms with Crippen molar-refractivity contribution in [3.63, 3.8) is 0 Å². The summed E-state index contributed by atoms with van der Waals surface area (Å²) in [5.74, 6) is 0.191. The van der Waals surface area contributed by atoms with Gasteiger partial charge in [-0.25, -0.2) is 9.78 Å². The zero-order chi connectivity index (χ0) is 21.7. The van der Waals surface area contributed by atoms with Crippen LogP contribution in [-0.2, 0) is 4.74 Å². The third-order valence-corrected chi connectivity index (χ3v) is 4.41. The van der Waals surface area contributed by atoms with E-state index in [2.05, 4.69) is 20.9 Å². The van der Waals surface area contributed by atoms with Crippen molar-refractivity contribution >= 4 is 17.7 Å². The van der Waals surface area contributed by atoms with Crippen LogP contribution in [0.4, 0.5) is 10.5 Å². The van der Waals surface area contributed by atoms with Crippen LogP contribution in [0.3, 0.4) is 0 Å². The summed E-state index contributed by atoms with van der Waals surface area (Å²) in [6.45, 7) is 8.26. The van der Waals surface area contributed by atoms with Gasteiger partial charge in [0, 0.05) is 12.7 Å². The highest BCUT2D eigenvalue weighted by molar-refractivity contribution is 5.95. The summed E-state index contributed by atoms with van der Waals surface area (Å²) < 4.78 is 11.5. The number of carbonyl (C=O) groups excluding carboxylic acids is 2. The number of rotatable bonds is 5. The molecule has 3 rings (SSSR count). The molecule has 2 atom stereocenters. The third kappa shape index (κ3) is 5.40. The molecule has 3 N–H and O–H groups in total. The molecule has 0 fully saturated rings. The second-order valence-corrected chi connectivity index (χ2v) is 8.01. The number of benzene rings is 1. The van der Waals surface area contributed by atoms with Gasteiger partial charge in [-0.2, -0.15) is 0 Å². The lowest BCUT2D eigenvalue weighted by molar-refractivity contribution is 0.0443. The maximum Gasteiger partial charge on any atom is 0.408 e. The summed E-state index contributed by atoms with van der Waals surface area (Å²) in [7, 11) is 0. The van der Waals surface area contributed by atoms with Crippen LogP contribution < -0.4 is 20.7 Å². The van der Waals surface area contributed by atoms with E-state index in [0.29, 0.717) is 30.2 Å². The number of nitrogens with zero attached hydrogens (tertiary/aromatic N) is 1. The fourth-order valence-corrected chi connectivity index (χ4v) is 3.13. The molecule has 0 spiro atoms. The number of aromatic nitrogens is 1. The monoisotopic (exact) mass is 412 g/mol. The summed E-state index contributed by atoms with van der Waals surface area (Å²) >= 11 is 0. The number of fused-ring (bicyclic) bond motifs is 1. The number of amides is 2. The minimum absolute atomic E-state index is 0.189. The van der Waals surface area contributed by atoms with Gasteiger partial charge in [-0.3, -0.25) is 4.79 Å². The van der Waals surface area contributed by atoms with E-state index in [9.17, 15) is 9.59 Å². The van der Waals surface area contributed by atoms with Crippen LogP contribution in [0.5, 0.6) is 5.88 Å². The van der Waals surface area contributed by atoms with Crippen molar-refractivity contribution < 1.29 is 19.1 Å². The van der Waals surface area contributed by atoms with Crippen molar-refractivity contribution in [3.8, 4) is 5.88 Å². The number of ether oxygens (including phenoxy) is 2. The molecule has 1 aromatic heterocycles. The molecule has 1 aliphatic heterocycles. The Hall–Kier alpha value is -3.29. The fourth-order valence-electron chi connectivity index (χ4n) is 3.13. The highest BCUT2D eigenvalue weighted by atomic mass is 16.6. The average Bonchev–Trinajstić information content (AvgIpc) is 2.71. The zero-order valence-electron chi connectivity index (χ0n) is 17.7. The second kappa shape index (κ2) is 9.02. The number of alkyl carbamates (subject to hydrolysis) is 1. The van der Waals surface area contributed by atoms with Crippen LogP contribution in [0, 0.1) is 0 Å². The van der Waals surface area contributed by atoms with Gasteiger partial charge in [0.15, 0.2) is 0 Å². The van der Waals surface area contributed by atoms with E-state index in [-0.39, 0.29) is 5.91 Å². The van der Waals surface area contributed by atoms with Crippen molar-refractivity contribution in [1.29, 1.82) is 0 Å². The molecule has 0 unspecified atom stereocenters. The summed E-state index contributed by atoms with van der Waals surface area (Å²) in [4.78, 5) is 28.8. The van der Waals surface area contributed by atoms with Crippen molar-refractivity contribution in [2.75, 3.05) is 18.4 Å². The highest BCUT2D eigenvalue weighted by Gasteiger charge is 2.32. The minimum atomic E-state index is -0.611. The van der Waals surface area contributed by atoms with E-state index in [0.717, 1.165) is 5.56 Å². The Morgan fingerprint density at radius 3 is 2.70 bits per heavy atom. The van der Waals surface area contributed by atoms with Crippen LogP contribution in [0.25, 0.3) is 0 Å². The van der Waals surface area contributed by atoms with Gasteiger partial charge in [0.2, 0.25) is 5.88 Å². The molecular weight excluding hydrogens is 384 g/mol. The quantitative estimate of drug-likeness (QED) is 0.697. The molecule has 0 aliphatic carbocycles. The Morgan fingerprint density at radius 1 is 1.30 bits per heavy atom. The fraction of sp³-hybridized carbons (Fsp3) is 0.409. The number of anilines is 1. The van der Waals surface area contributed by atoms with Crippen molar-refractivity contribution in [2.45, 2.75) is 45.4 Å². The summed E-state index contributed by atoms with van der Waals surface area (Å²) in [6.07, 6.45) is 0.535. The molecule has 2 heterocycles. The Morgan fingerprint density at radius 2 is 2.03 bits per heavy atom. The van der Waals surface area contributed by atoms with Crippen molar-refractivity contribution in [1.82, 2.24) is 15.6 Å². The van der Waals surface area contributed by atoms with E-state index in [1.807, 2.05) is 58.0 Å². The number of hydrogen-bond acceptors (Lipinski definition) is 6. The van der Waals surface area contributed by atoms with Crippen LogP contribution in [0.2, 0.25) is 0 Å². The second-order valence-electron chi connectivity index (χ2n) is 8.01. The SMILES string of the molecule is CCNC(=O)c1cnc2c(c1)NC[C@@H]([C@H](NC(=O)OC(C)(C)C)c1ccccc1)O2. The summed E-state index contributed by atoms with van der Waals surface area (Å²) in [6, 6.07) is 10.8. The van der Waals surface area contributed by atoms with Gasteiger partial charge >= 0.3 is 6.09 Å². The van der Waals surface area contributed by atoms with Gasteiger partial charge in [-0.1, -0.05) is 30.3 Å². The van der Waals surface area contributed by atoms with E-state index >= 15 is 0 Å². The first-order valence-corrected chi connectivity index (χ1v) is 10.00. The predicted octanol–water partition coefficient (Wildman–Crippen LogP) is 3.27. The maximum absolute atomic E-state index is 12.4. The number of nitrogens with one attached hydrogen (secondary N) is 3. The van der Waals surface area contributed by atoms with E-state index < -0.39 is 23.8 Å². The Labute approximate surface area is 176 Å². The Kier molecular flexibility index (Phi) is 6.44. The lowest BCUT2D eigenvalue weighted by atomic mass is 10.0. The van der Waals surface area contributed by atoms with E-state index in [4.69, 9.17) is 9.47 Å². The van der Waals surface area contributed by atoms with Gasteiger partial charge in [-0.05, 0) is 39.3 Å². The minimum Gasteiger partial charge on any atom is -0.468 e. The largest absolute Gasteiger partial charge is 0.468 e. The average molecular weight is 412 g/mol. The third-order valence-electron chi connectivity index (χ3n) is 4.41. The zero-order valence-corrected chi connectivity index (χ0v) is 17.7. The number of hydrogen-bond donors (Lipinski definition) is 3. The molecule has 1 aliphatic rings. The molecule has 0 saturated heterocycles. The molecule has 2 amide bonds. The van der Waals surface area contributed by atoms with E-state index in [1.54, 1.807) is 6.07 Å². The van der Waals surface area contributed by atoms with Crippen LogP contribution in [0.15, 0.2) is 42.6 Å². The lowest BCUT2D eigenvalue weighted by Gasteiger charge is -2.33. The number of pyridine rings is 1. The van der Waals surface area contributed by atoms with Crippen molar-refractivity contribution in [3.05, 3.63) is 53.7 Å². The van der Waals surface area contributed by atoms with Gasteiger partial charge in [0.1, 0.15) is 11.7 Å². The first kappa shape index (κ1) is 21.4. The van der Waals surface area contributed by atoms with Crippen LogP contribution >= 0.6 is 0 Å². The standard InChI is InChI=1S/C22H28N4O4/c1-5-23-19(27)15-11-16-20(25-12-15)29-17(13-24-16)18(14-9-7-6-8-10-14)26-21(28)30-22(2,3)4/h6-12,17-18,24H,5,13H2,1-4H3,(H,23,27)(H,26,28)/t17-,18+/m0/s1. The topological polar surface area (TPSA) is 102 Å². The highest BCUT2D eigenvalue weighted by Crippen LogP contribution is 2.31. The van der Waals surface area contributed by atoms with Gasteiger partial charge < -0.3 is 25.4 Å². The van der Waals surface area contributed by atoms with Crippen LogP contribution in [0.1, 0.15) is 49.7 Å². The molecule has 2 aromatic rings. The normalized spacial score (nSPS) is 16.3. The van der Waals surface area contributed by atoms with Crippen LogP contribution in [-0.4, -0.2) is 41.8 Å². The molecule has 8 nitrogen and oxygen atoms in total. The first-order chi connectivity index (χ1) is 14.3. The molecule has 0 radical (unpaired) electrons. The maximum atomic E-state index is 12.4. The predicted molar refractivity (Wildman–Crippen MR) is 114 cm³/mol. The van der Waals surface area contributed by atoms with Gasteiger partial charge in [-0.15, -0.1) is 0 Å². The Bertz CT molecular complexity index is 896. The van der Waals surface area contributed by atoms with E-state index in [1.165, 1.54) is 6.20 Å². The molecule has 30 heavy (non-hydrogen) atoms. The smallest absolute Gasteiger partial charge is 0.408 e. The first-order valence-electron chi connectivity index (χ1n) is 10.00.